The Kier molecular flexibility index (Phi) is 4.57. The Morgan fingerprint density at radius 1 is 1.42 bits per heavy atom. The molecule has 24 heavy (non-hydrogen) atoms. The molecule has 0 aliphatic carbocycles. The Bertz CT molecular complexity index is 801. The number of hydrogen-bond donors (Lipinski definition) is 1. The topological polar surface area (TPSA) is 69.0 Å². The van der Waals surface area contributed by atoms with Crippen molar-refractivity contribution in [3.05, 3.63) is 46.9 Å². The number of aromatic nitrogens is 3. The molecule has 8 heteroatoms. The van der Waals surface area contributed by atoms with Crippen LogP contribution >= 0.6 is 11.8 Å². The molecule has 0 amide bonds. The lowest BCUT2D eigenvalue weighted by atomic mass is 9.96. The molecule has 0 saturated carbocycles. The van der Waals surface area contributed by atoms with Gasteiger partial charge in [-0.15, -0.1) is 5.10 Å². The number of benzene rings is 1. The summed E-state index contributed by atoms with van der Waals surface area (Å²) in [6, 6.07) is 5.49. The van der Waals surface area contributed by atoms with Gasteiger partial charge in [-0.2, -0.15) is 4.98 Å². The monoisotopic (exact) mass is 348 g/mol. The molecule has 3 rings (SSSR count). The van der Waals surface area contributed by atoms with E-state index < -0.39 is 12.0 Å². The number of halogens is 1. The first kappa shape index (κ1) is 16.5. The van der Waals surface area contributed by atoms with Gasteiger partial charge in [0.25, 0.3) is 0 Å². The Balaban J connectivity index is 2.15. The number of allylic oxidation sites excluding steroid dienone is 1. The first-order valence-corrected chi connectivity index (χ1v) is 8.68. The Hall–Kier alpha value is -2.35. The molecule has 126 valence electrons. The van der Waals surface area contributed by atoms with Crippen LogP contribution in [0.4, 0.5) is 10.3 Å². The first-order chi connectivity index (χ1) is 11.5. The van der Waals surface area contributed by atoms with Gasteiger partial charge in [0.1, 0.15) is 11.9 Å². The van der Waals surface area contributed by atoms with E-state index in [9.17, 15) is 9.18 Å². The average Bonchev–Trinajstić information content (AvgIpc) is 2.97. The third-order valence-corrected chi connectivity index (χ3v) is 4.23. The average molecular weight is 348 g/mol. The summed E-state index contributed by atoms with van der Waals surface area (Å²) in [6.07, 6.45) is 1.88. The van der Waals surface area contributed by atoms with Crippen LogP contribution in [0.1, 0.15) is 25.5 Å². The molecule has 0 bridgehead atoms. The number of fused-ring (bicyclic) bond motifs is 1. The van der Waals surface area contributed by atoms with Crippen LogP contribution < -0.4 is 5.32 Å². The van der Waals surface area contributed by atoms with Gasteiger partial charge in [0.05, 0.1) is 12.2 Å². The zero-order valence-electron chi connectivity index (χ0n) is 13.5. The van der Waals surface area contributed by atoms with Crippen molar-refractivity contribution < 1.29 is 13.9 Å². The SMILES string of the molecule is CCOC(=O)C1=C(C)Nc2nc(SC)nn2C1c1ccc(F)cc1. The Morgan fingerprint density at radius 3 is 2.75 bits per heavy atom. The number of esters is 1. The van der Waals surface area contributed by atoms with E-state index in [0.29, 0.717) is 22.4 Å². The summed E-state index contributed by atoms with van der Waals surface area (Å²) in [7, 11) is 0. The van der Waals surface area contributed by atoms with Gasteiger partial charge in [-0.3, -0.25) is 0 Å². The van der Waals surface area contributed by atoms with E-state index in [4.69, 9.17) is 4.74 Å². The maximum absolute atomic E-state index is 13.3. The van der Waals surface area contributed by atoms with Crippen molar-refractivity contribution in [1.29, 1.82) is 0 Å². The predicted molar refractivity (Wildman–Crippen MR) is 89.3 cm³/mol. The van der Waals surface area contributed by atoms with Crippen LogP contribution in [0, 0.1) is 5.82 Å². The quantitative estimate of drug-likeness (QED) is 0.677. The number of nitrogens with zero attached hydrogens (tertiary/aromatic N) is 3. The molecule has 1 aliphatic rings. The lowest BCUT2D eigenvalue weighted by molar-refractivity contribution is -0.139. The number of carbonyl (C=O) groups is 1. The molecule has 2 aromatic rings. The highest BCUT2D eigenvalue weighted by Crippen LogP contribution is 2.36. The van der Waals surface area contributed by atoms with Crippen molar-refractivity contribution in [2.45, 2.75) is 25.0 Å². The summed E-state index contributed by atoms with van der Waals surface area (Å²) in [4.78, 5) is 16.9. The highest BCUT2D eigenvalue weighted by atomic mass is 32.2. The van der Waals surface area contributed by atoms with E-state index in [-0.39, 0.29) is 12.4 Å². The van der Waals surface area contributed by atoms with Crippen LogP contribution in [-0.4, -0.2) is 33.6 Å². The molecule has 1 aromatic carbocycles. The van der Waals surface area contributed by atoms with Crippen LogP contribution in [0.25, 0.3) is 0 Å². The van der Waals surface area contributed by atoms with Crippen LogP contribution in [-0.2, 0) is 9.53 Å². The molecule has 0 spiro atoms. The minimum absolute atomic E-state index is 0.270. The molecule has 1 N–H and O–H groups in total. The first-order valence-electron chi connectivity index (χ1n) is 7.46. The Labute approximate surface area is 143 Å². The molecular formula is C16H17FN4O2S. The van der Waals surface area contributed by atoms with Crippen molar-refractivity contribution in [2.75, 3.05) is 18.2 Å². The third-order valence-electron chi connectivity index (χ3n) is 3.70. The minimum Gasteiger partial charge on any atom is -0.463 e. The standard InChI is InChI=1S/C16H17FN4O2S/c1-4-23-14(22)12-9(2)18-15-19-16(24-3)20-21(15)13(12)10-5-7-11(17)8-6-10/h5-8,13H,4H2,1-3H3,(H,18,19,20). The zero-order chi connectivity index (χ0) is 17.3. The third kappa shape index (κ3) is 2.89. The molecule has 1 unspecified atom stereocenters. The fourth-order valence-corrected chi connectivity index (χ4v) is 2.99. The number of rotatable bonds is 4. The van der Waals surface area contributed by atoms with Crippen molar-refractivity contribution >= 4 is 23.7 Å². The van der Waals surface area contributed by atoms with Crippen molar-refractivity contribution in [3.8, 4) is 0 Å². The second kappa shape index (κ2) is 6.64. The number of anilines is 1. The van der Waals surface area contributed by atoms with Crippen molar-refractivity contribution in [2.24, 2.45) is 0 Å². The molecule has 6 nitrogen and oxygen atoms in total. The molecular weight excluding hydrogens is 331 g/mol. The van der Waals surface area contributed by atoms with Crippen LogP contribution in [0.2, 0.25) is 0 Å². The van der Waals surface area contributed by atoms with Gasteiger partial charge in [-0.1, -0.05) is 23.9 Å². The molecule has 0 fully saturated rings. The maximum atomic E-state index is 13.3. The highest BCUT2D eigenvalue weighted by molar-refractivity contribution is 7.98. The summed E-state index contributed by atoms with van der Waals surface area (Å²) >= 11 is 1.41. The summed E-state index contributed by atoms with van der Waals surface area (Å²) in [6.45, 7) is 3.81. The normalized spacial score (nSPS) is 16.6. The lowest BCUT2D eigenvalue weighted by Gasteiger charge is -2.28. The minimum atomic E-state index is -0.519. The number of carbonyl (C=O) groups excluding carboxylic acids is 1. The van der Waals surface area contributed by atoms with Crippen LogP contribution in [0.15, 0.2) is 40.7 Å². The predicted octanol–water partition coefficient (Wildman–Crippen LogP) is 2.99. The van der Waals surface area contributed by atoms with E-state index in [0.717, 1.165) is 5.56 Å². The number of nitrogens with one attached hydrogen (secondary N) is 1. The second-order valence-electron chi connectivity index (χ2n) is 5.20. The maximum Gasteiger partial charge on any atom is 0.338 e. The summed E-state index contributed by atoms with van der Waals surface area (Å²) in [5, 5.41) is 8.13. The fraction of sp³-hybridized carbons (Fsp3) is 0.312. The fourth-order valence-electron chi connectivity index (χ4n) is 2.64. The molecule has 1 atom stereocenters. The van der Waals surface area contributed by atoms with Gasteiger partial charge < -0.3 is 10.1 Å². The van der Waals surface area contributed by atoms with E-state index in [1.807, 2.05) is 6.26 Å². The second-order valence-corrected chi connectivity index (χ2v) is 5.98. The number of hydrogen-bond acceptors (Lipinski definition) is 6. The molecule has 2 heterocycles. The highest BCUT2D eigenvalue weighted by Gasteiger charge is 2.35. The summed E-state index contributed by atoms with van der Waals surface area (Å²) < 4.78 is 20.1. The van der Waals surface area contributed by atoms with E-state index in [2.05, 4.69) is 15.4 Å². The van der Waals surface area contributed by atoms with Crippen molar-refractivity contribution in [1.82, 2.24) is 14.8 Å². The smallest absolute Gasteiger partial charge is 0.338 e. The number of ether oxygens (including phenoxy) is 1. The van der Waals surface area contributed by atoms with Gasteiger partial charge >= 0.3 is 5.97 Å². The molecule has 0 saturated heterocycles. The molecule has 1 aromatic heterocycles. The van der Waals surface area contributed by atoms with Crippen LogP contribution in [0.5, 0.6) is 0 Å². The van der Waals surface area contributed by atoms with E-state index >= 15 is 0 Å². The zero-order valence-corrected chi connectivity index (χ0v) is 14.4. The van der Waals surface area contributed by atoms with Crippen LogP contribution in [0.3, 0.4) is 0 Å². The van der Waals surface area contributed by atoms with Gasteiger partial charge in [0, 0.05) is 5.70 Å². The molecule has 1 aliphatic heterocycles. The Morgan fingerprint density at radius 2 is 2.12 bits per heavy atom. The van der Waals surface area contributed by atoms with Gasteiger partial charge in [0.2, 0.25) is 11.1 Å². The molecule has 0 radical (unpaired) electrons. The summed E-state index contributed by atoms with van der Waals surface area (Å²) in [5.74, 6) is -0.224. The van der Waals surface area contributed by atoms with Gasteiger partial charge in [-0.05, 0) is 37.8 Å². The van der Waals surface area contributed by atoms with Crippen molar-refractivity contribution in [3.63, 3.8) is 0 Å². The lowest BCUT2D eigenvalue weighted by Crippen LogP contribution is -2.29. The van der Waals surface area contributed by atoms with E-state index in [1.54, 1.807) is 30.7 Å². The van der Waals surface area contributed by atoms with E-state index in [1.165, 1.54) is 23.9 Å². The largest absolute Gasteiger partial charge is 0.463 e. The number of thioether (sulfide) groups is 1. The summed E-state index contributed by atoms with van der Waals surface area (Å²) in [5.41, 5.74) is 1.82. The van der Waals surface area contributed by atoms with Gasteiger partial charge in [-0.25, -0.2) is 13.9 Å². The van der Waals surface area contributed by atoms with Gasteiger partial charge in [0.15, 0.2) is 0 Å².